The first kappa shape index (κ1) is 12.4. The van der Waals surface area contributed by atoms with Gasteiger partial charge in [-0.3, -0.25) is 0 Å². The largest absolute Gasteiger partial charge is 0.370 e. The zero-order valence-electron chi connectivity index (χ0n) is 9.94. The Kier molecular flexibility index (Phi) is 3.81. The summed E-state index contributed by atoms with van der Waals surface area (Å²) in [7, 11) is 0. The average molecular weight is 258 g/mol. The highest BCUT2D eigenvalue weighted by atomic mass is 35.5. The number of pyridine rings is 1. The van der Waals surface area contributed by atoms with Gasteiger partial charge in [0.25, 0.3) is 0 Å². The van der Waals surface area contributed by atoms with Gasteiger partial charge < -0.3 is 5.32 Å². The van der Waals surface area contributed by atoms with Gasteiger partial charge >= 0.3 is 0 Å². The maximum absolute atomic E-state index is 9.19. The standard InChI is InChI=1S/C14H12ClN3/c1-2-17-13-8-11(10-6-4-3-5-7-10)12(9-16)14(15)18-13/h3-8H,2H2,1H3,(H,17,18). The topological polar surface area (TPSA) is 48.7 Å². The van der Waals surface area contributed by atoms with Gasteiger partial charge in [0.15, 0.2) is 0 Å². The molecule has 0 amide bonds. The van der Waals surface area contributed by atoms with E-state index in [1.165, 1.54) is 0 Å². The number of nitrogens with zero attached hydrogens (tertiary/aromatic N) is 2. The normalized spacial score (nSPS) is 9.83. The van der Waals surface area contributed by atoms with Crippen molar-refractivity contribution in [2.45, 2.75) is 6.92 Å². The van der Waals surface area contributed by atoms with Gasteiger partial charge in [-0.2, -0.15) is 5.26 Å². The molecule has 0 spiro atoms. The van der Waals surface area contributed by atoms with Gasteiger partial charge in [0.2, 0.25) is 0 Å². The van der Waals surface area contributed by atoms with E-state index in [0.717, 1.165) is 17.7 Å². The van der Waals surface area contributed by atoms with Crippen molar-refractivity contribution in [3.8, 4) is 17.2 Å². The van der Waals surface area contributed by atoms with Crippen LogP contribution in [0.4, 0.5) is 5.82 Å². The van der Waals surface area contributed by atoms with Crippen LogP contribution in [0.2, 0.25) is 5.15 Å². The fraction of sp³-hybridized carbons (Fsp3) is 0.143. The summed E-state index contributed by atoms with van der Waals surface area (Å²) in [5.41, 5.74) is 2.16. The van der Waals surface area contributed by atoms with Crippen molar-refractivity contribution in [3.05, 3.63) is 47.1 Å². The van der Waals surface area contributed by atoms with Crippen LogP contribution in [0.1, 0.15) is 12.5 Å². The Morgan fingerprint density at radius 2 is 2.06 bits per heavy atom. The van der Waals surface area contributed by atoms with Crippen LogP contribution in [0.5, 0.6) is 0 Å². The molecule has 1 aromatic heterocycles. The van der Waals surface area contributed by atoms with Crippen molar-refractivity contribution >= 4 is 17.4 Å². The number of halogens is 1. The van der Waals surface area contributed by atoms with E-state index in [9.17, 15) is 5.26 Å². The van der Waals surface area contributed by atoms with Crippen molar-refractivity contribution in [3.63, 3.8) is 0 Å². The second kappa shape index (κ2) is 5.52. The summed E-state index contributed by atoms with van der Waals surface area (Å²) in [6, 6.07) is 13.6. The van der Waals surface area contributed by atoms with Crippen LogP contribution in [0, 0.1) is 11.3 Å². The molecule has 0 saturated carbocycles. The molecule has 0 aliphatic carbocycles. The highest BCUT2D eigenvalue weighted by Crippen LogP contribution is 2.29. The number of nitriles is 1. The number of hydrogen-bond donors (Lipinski definition) is 1. The monoisotopic (exact) mass is 257 g/mol. The zero-order chi connectivity index (χ0) is 13.0. The van der Waals surface area contributed by atoms with Gasteiger partial charge in [-0.15, -0.1) is 0 Å². The van der Waals surface area contributed by atoms with E-state index < -0.39 is 0 Å². The summed E-state index contributed by atoms with van der Waals surface area (Å²) in [5, 5.41) is 12.5. The first-order valence-corrected chi connectivity index (χ1v) is 6.04. The molecule has 0 aliphatic heterocycles. The van der Waals surface area contributed by atoms with E-state index >= 15 is 0 Å². The number of rotatable bonds is 3. The number of anilines is 1. The predicted octanol–water partition coefficient (Wildman–Crippen LogP) is 3.71. The summed E-state index contributed by atoms with van der Waals surface area (Å²) in [4.78, 5) is 4.15. The van der Waals surface area contributed by atoms with Crippen LogP contribution >= 0.6 is 11.6 Å². The van der Waals surface area contributed by atoms with E-state index in [1.54, 1.807) is 0 Å². The molecular formula is C14H12ClN3. The first-order valence-electron chi connectivity index (χ1n) is 5.66. The van der Waals surface area contributed by atoms with Crippen molar-refractivity contribution in [2.75, 3.05) is 11.9 Å². The maximum Gasteiger partial charge on any atom is 0.149 e. The molecule has 0 atom stereocenters. The van der Waals surface area contributed by atoms with E-state index in [2.05, 4.69) is 16.4 Å². The molecule has 0 bridgehead atoms. The summed E-state index contributed by atoms with van der Waals surface area (Å²) in [6.45, 7) is 2.74. The van der Waals surface area contributed by atoms with Crippen molar-refractivity contribution in [1.82, 2.24) is 4.98 Å². The second-order valence-corrected chi connectivity index (χ2v) is 4.09. The molecule has 3 nitrogen and oxygen atoms in total. The van der Waals surface area contributed by atoms with Crippen molar-refractivity contribution in [1.29, 1.82) is 5.26 Å². The summed E-state index contributed by atoms with van der Waals surface area (Å²) < 4.78 is 0. The highest BCUT2D eigenvalue weighted by Gasteiger charge is 2.12. The summed E-state index contributed by atoms with van der Waals surface area (Å²) >= 11 is 6.05. The third-order valence-corrected chi connectivity index (χ3v) is 2.80. The Hall–Kier alpha value is -2.05. The average Bonchev–Trinajstić information content (AvgIpc) is 2.39. The molecule has 18 heavy (non-hydrogen) atoms. The van der Waals surface area contributed by atoms with Crippen LogP contribution < -0.4 is 5.32 Å². The maximum atomic E-state index is 9.19. The number of hydrogen-bond acceptors (Lipinski definition) is 3. The molecule has 1 heterocycles. The summed E-state index contributed by atoms with van der Waals surface area (Å²) in [6.07, 6.45) is 0. The minimum atomic E-state index is 0.231. The fourth-order valence-electron chi connectivity index (χ4n) is 1.74. The molecule has 0 unspecified atom stereocenters. The molecule has 90 valence electrons. The highest BCUT2D eigenvalue weighted by molar-refractivity contribution is 6.31. The van der Waals surface area contributed by atoms with E-state index in [0.29, 0.717) is 11.4 Å². The molecular weight excluding hydrogens is 246 g/mol. The lowest BCUT2D eigenvalue weighted by Gasteiger charge is -2.09. The van der Waals surface area contributed by atoms with Gasteiger partial charge in [-0.05, 0) is 18.6 Å². The Labute approximate surface area is 111 Å². The molecule has 2 aromatic rings. The van der Waals surface area contributed by atoms with Gasteiger partial charge in [0, 0.05) is 12.1 Å². The quantitative estimate of drug-likeness (QED) is 0.853. The van der Waals surface area contributed by atoms with Gasteiger partial charge in [0.05, 0.1) is 5.56 Å². The lowest BCUT2D eigenvalue weighted by atomic mass is 10.0. The van der Waals surface area contributed by atoms with Crippen LogP contribution in [0.25, 0.3) is 11.1 Å². The SMILES string of the molecule is CCNc1cc(-c2ccccc2)c(C#N)c(Cl)n1. The predicted molar refractivity (Wildman–Crippen MR) is 73.6 cm³/mol. The number of aromatic nitrogens is 1. The molecule has 0 aliphatic rings. The third kappa shape index (κ3) is 2.44. The fourth-order valence-corrected chi connectivity index (χ4v) is 1.97. The molecule has 1 N–H and O–H groups in total. The van der Waals surface area contributed by atoms with Gasteiger partial charge in [0.1, 0.15) is 17.0 Å². The summed E-state index contributed by atoms with van der Waals surface area (Å²) in [5.74, 6) is 0.681. The molecule has 2 rings (SSSR count). The van der Waals surface area contributed by atoms with Crippen LogP contribution in [0.15, 0.2) is 36.4 Å². The van der Waals surface area contributed by atoms with Crippen molar-refractivity contribution in [2.24, 2.45) is 0 Å². The molecule has 0 radical (unpaired) electrons. The van der Waals surface area contributed by atoms with Crippen LogP contribution in [-0.4, -0.2) is 11.5 Å². The second-order valence-electron chi connectivity index (χ2n) is 3.73. The number of benzene rings is 1. The van der Waals surface area contributed by atoms with E-state index in [1.807, 2.05) is 43.3 Å². The number of nitrogens with one attached hydrogen (secondary N) is 1. The lowest BCUT2D eigenvalue weighted by molar-refractivity contribution is 1.16. The molecule has 0 fully saturated rings. The van der Waals surface area contributed by atoms with Crippen LogP contribution in [-0.2, 0) is 0 Å². The zero-order valence-corrected chi connectivity index (χ0v) is 10.7. The molecule has 4 heteroatoms. The minimum absolute atomic E-state index is 0.231. The Balaban J connectivity index is 2.61. The van der Waals surface area contributed by atoms with E-state index in [4.69, 9.17) is 11.6 Å². The third-order valence-electron chi connectivity index (χ3n) is 2.53. The van der Waals surface area contributed by atoms with E-state index in [-0.39, 0.29) is 5.15 Å². The molecule has 1 aromatic carbocycles. The Morgan fingerprint density at radius 1 is 1.33 bits per heavy atom. The van der Waals surface area contributed by atoms with Gasteiger partial charge in [-0.1, -0.05) is 41.9 Å². The lowest BCUT2D eigenvalue weighted by Crippen LogP contribution is -2.01. The minimum Gasteiger partial charge on any atom is -0.370 e. The van der Waals surface area contributed by atoms with Crippen LogP contribution in [0.3, 0.4) is 0 Å². The smallest absolute Gasteiger partial charge is 0.149 e. The Bertz CT molecular complexity index is 588. The Morgan fingerprint density at radius 3 is 2.67 bits per heavy atom. The van der Waals surface area contributed by atoms with Crippen molar-refractivity contribution < 1.29 is 0 Å². The van der Waals surface area contributed by atoms with Gasteiger partial charge in [-0.25, -0.2) is 4.98 Å². The first-order chi connectivity index (χ1) is 8.76. The molecule has 0 saturated heterocycles.